The highest BCUT2D eigenvalue weighted by Gasteiger charge is 2.51. The fraction of sp³-hybridized carbons (Fsp3) is 0.667. The largest absolute Gasteiger partial charge is 0.383 e. The predicted molar refractivity (Wildman–Crippen MR) is 60.1 cm³/mol. The summed E-state index contributed by atoms with van der Waals surface area (Å²) in [5.74, 6) is -0.833. The van der Waals surface area contributed by atoms with Crippen molar-refractivity contribution in [1.82, 2.24) is 4.90 Å². The quantitative estimate of drug-likeness (QED) is 0.520. The second kappa shape index (κ2) is 4.98. The molecule has 2 amide bonds. The molecule has 0 bridgehead atoms. The molecule has 2 aliphatic rings. The highest BCUT2D eigenvalue weighted by Crippen LogP contribution is 2.36. The third-order valence-corrected chi connectivity index (χ3v) is 3.43. The van der Waals surface area contributed by atoms with Crippen LogP contribution in [0.1, 0.15) is 6.42 Å². The Morgan fingerprint density at radius 2 is 2.12 bits per heavy atom. The molecule has 3 atom stereocenters. The zero-order valence-corrected chi connectivity index (χ0v) is 10.1. The number of carbonyl (C=O) groups excluding carboxylic acids is 2. The lowest BCUT2D eigenvalue weighted by Gasteiger charge is -2.24. The van der Waals surface area contributed by atoms with Gasteiger partial charge in [-0.05, 0) is 6.42 Å². The number of hydrogen-bond acceptors (Lipinski definition) is 4. The number of carbonyl (C=O) groups is 2. The molecule has 0 N–H and O–H groups in total. The fourth-order valence-corrected chi connectivity index (χ4v) is 2.54. The first-order valence-corrected chi connectivity index (χ1v) is 5.74. The van der Waals surface area contributed by atoms with Crippen LogP contribution in [0.25, 0.3) is 0 Å². The summed E-state index contributed by atoms with van der Waals surface area (Å²) in [4.78, 5) is 25.5. The molecule has 5 nitrogen and oxygen atoms in total. The van der Waals surface area contributed by atoms with Crippen LogP contribution in [0.4, 0.5) is 0 Å². The van der Waals surface area contributed by atoms with Crippen LogP contribution in [0, 0.1) is 11.8 Å². The highest BCUT2D eigenvalue weighted by molar-refractivity contribution is 6.05. The van der Waals surface area contributed by atoms with Crippen molar-refractivity contribution in [2.24, 2.45) is 11.8 Å². The number of methoxy groups -OCH3 is 2. The number of allylic oxidation sites excluding steroid dienone is 1. The molecule has 0 spiro atoms. The monoisotopic (exact) mass is 239 g/mol. The zero-order chi connectivity index (χ0) is 12.4. The molecule has 0 aromatic heterocycles. The molecule has 1 fully saturated rings. The number of nitrogens with zero attached hydrogens (tertiary/aromatic N) is 1. The fourth-order valence-electron chi connectivity index (χ4n) is 2.54. The van der Waals surface area contributed by atoms with Crippen LogP contribution in [0.5, 0.6) is 0 Å². The minimum absolute atomic E-state index is 0.0940. The molecule has 17 heavy (non-hydrogen) atoms. The van der Waals surface area contributed by atoms with E-state index in [1.165, 1.54) is 4.90 Å². The van der Waals surface area contributed by atoms with Gasteiger partial charge in [-0.1, -0.05) is 12.2 Å². The molecule has 1 heterocycles. The lowest BCUT2D eigenvalue weighted by atomic mass is 9.83. The van der Waals surface area contributed by atoms with Crippen LogP contribution >= 0.6 is 0 Å². The Labute approximate surface area is 100 Å². The highest BCUT2D eigenvalue weighted by atomic mass is 16.5. The van der Waals surface area contributed by atoms with Crippen molar-refractivity contribution >= 4 is 11.8 Å². The van der Waals surface area contributed by atoms with E-state index in [0.29, 0.717) is 19.6 Å². The summed E-state index contributed by atoms with van der Waals surface area (Å²) in [6, 6.07) is 0. The van der Waals surface area contributed by atoms with Crippen molar-refractivity contribution in [3.8, 4) is 0 Å². The number of rotatable bonds is 4. The molecule has 0 radical (unpaired) electrons. The molecular formula is C12H17NO4. The van der Waals surface area contributed by atoms with Crippen molar-refractivity contribution in [3.63, 3.8) is 0 Å². The van der Waals surface area contributed by atoms with Crippen LogP contribution in [0.2, 0.25) is 0 Å². The summed E-state index contributed by atoms with van der Waals surface area (Å²) < 4.78 is 10.2. The minimum Gasteiger partial charge on any atom is -0.383 e. The molecule has 1 saturated heterocycles. The van der Waals surface area contributed by atoms with Crippen molar-refractivity contribution in [1.29, 1.82) is 0 Å². The Bertz CT molecular complexity index is 352. The van der Waals surface area contributed by atoms with Crippen LogP contribution < -0.4 is 0 Å². The number of amides is 2. The van der Waals surface area contributed by atoms with Crippen LogP contribution in [-0.2, 0) is 19.1 Å². The van der Waals surface area contributed by atoms with Gasteiger partial charge in [0.1, 0.15) is 0 Å². The maximum absolute atomic E-state index is 12.2. The van der Waals surface area contributed by atoms with Crippen LogP contribution in [0.15, 0.2) is 12.2 Å². The SMILES string of the molecule is COCCN1C(=O)C2CC=CC(OC)C2C1=O. The summed E-state index contributed by atoms with van der Waals surface area (Å²) in [5.41, 5.74) is 0. The van der Waals surface area contributed by atoms with Crippen LogP contribution in [0.3, 0.4) is 0 Å². The van der Waals surface area contributed by atoms with Gasteiger partial charge in [0.2, 0.25) is 11.8 Å². The third-order valence-electron chi connectivity index (χ3n) is 3.43. The number of likely N-dealkylation sites (tertiary alicyclic amines) is 1. The Morgan fingerprint density at radius 3 is 2.76 bits per heavy atom. The predicted octanol–water partition coefficient (Wildman–Crippen LogP) is 0.209. The van der Waals surface area contributed by atoms with E-state index in [1.54, 1.807) is 14.2 Å². The number of hydrogen-bond donors (Lipinski definition) is 0. The standard InChI is InChI=1S/C12H17NO4/c1-16-7-6-13-11(14)8-4-3-5-9(17-2)10(8)12(13)15/h3,5,8-10H,4,6-7H2,1-2H3. The van der Waals surface area contributed by atoms with Gasteiger partial charge in [-0.2, -0.15) is 0 Å². The maximum Gasteiger partial charge on any atom is 0.236 e. The maximum atomic E-state index is 12.2. The van der Waals surface area contributed by atoms with E-state index in [9.17, 15) is 9.59 Å². The Morgan fingerprint density at radius 1 is 1.35 bits per heavy atom. The van der Waals surface area contributed by atoms with Gasteiger partial charge < -0.3 is 9.47 Å². The van der Waals surface area contributed by atoms with Gasteiger partial charge in [0.15, 0.2) is 0 Å². The second-order valence-electron chi connectivity index (χ2n) is 4.32. The zero-order valence-electron chi connectivity index (χ0n) is 10.1. The van der Waals surface area contributed by atoms with Crippen molar-refractivity contribution in [2.75, 3.05) is 27.4 Å². The number of fused-ring (bicyclic) bond motifs is 1. The molecule has 0 aromatic rings. The van der Waals surface area contributed by atoms with Gasteiger partial charge in [0.05, 0.1) is 31.1 Å². The van der Waals surface area contributed by atoms with Gasteiger partial charge >= 0.3 is 0 Å². The van der Waals surface area contributed by atoms with Crippen LogP contribution in [-0.4, -0.2) is 50.2 Å². The van der Waals surface area contributed by atoms with Crippen molar-refractivity contribution in [2.45, 2.75) is 12.5 Å². The Hall–Kier alpha value is -1.20. The summed E-state index contributed by atoms with van der Waals surface area (Å²) in [7, 11) is 3.12. The molecule has 0 aromatic carbocycles. The van der Waals surface area contributed by atoms with Crippen molar-refractivity contribution in [3.05, 3.63) is 12.2 Å². The number of imide groups is 1. The first kappa shape index (κ1) is 12.3. The lowest BCUT2D eigenvalue weighted by Crippen LogP contribution is -2.36. The van der Waals surface area contributed by atoms with E-state index in [2.05, 4.69) is 0 Å². The molecule has 1 aliphatic heterocycles. The summed E-state index contributed by atoms with van der Waals surface area (Å²) in [6.07, 6.45) is 4.13. The van der Waals surface area contributed by atoms with Crippen molar-refractivity contribution < 1.29 is 19.1 Å². The summed E-state index contributed by atoms with van der Waals surface area (Å²) in [6.45, 7) is 0.708. The lowest BCUT2D eigenvalue weighted by molar-refractivity contribution is -0.141. The molecule has 3 unspecified atom stereocenters. The van der Waals surface area contributed by atoms with Gasteiger partial charge in [0.25, 0.3) is 0 Å². The summed E-state index contributed by atoms with van der Waals surface area (Å²) >= 11 is 0. The first-order valence-electron chi connectivity index (χ1n) is 5.74. The smallest absolute Gasteiger partial charge is 0.236 e. The average Bonchev–Trinajstić information content (AvgIpc) is 2.60. The van der Waals surface area contributed by atoms with E-state index >= 15 is 0 Å². The normalized spacial score (nSPS) is 32.1. The molecule has 1 aliphatic carbocycles. The topological polar surface area (TPSA) is 55.8 Å². The van der Waals surface area contributed by atoms with E-state index in [1.807, 2.05) is 12.2 Å². The second-order valence-corrected chi connectivity index (χ2v) is 4.32. The molecule has 5 heteroatoms. The summed E-state index contributed by atoms with van der Waals surface area (Å²) in [5, 5.41) is 0. The number of ether oxygens (including phenoxy) is 2. The third kappa shape index (κ3) is 2.00. The minimum atomic E-state index is -0.352. The molecule has 2 rings (SSSR count). The van der Waals surface area contributed by atoms with E-state index < -0.39 is 0 Å². The van der Waals surface area contributed by atoms with Gasteiger partial charge in [0, 0.05) is 14.2 Å². The van der Waals surface area contributed by atoms with Gasteiger partial charge in [-0.3, -0.25) is 14.5 Å². The molecular weight excluding hydrogens is 222 g/mol. The average molecular weight is 239 g/mol. The van der Waals surface area contributed by atoms with E-state index in [-0.39, 0.29) is 29.8 Å². The molecule has 94 valence electrons. The van der Waals surface area contributed by atoms with Gasteiger partial charge in [-0.15, -0.1) is 0 Å². The van der Waals surface area contributed by atoms with E-state index in [4.69, 9.17) is 9.47 Å². The molecule has 0 saturated carbocycles. The Balaban J connectivity index is 2.17. The van der Waals surface area contributed by atoms with E-state index in [0.717, 1.165) is 0 Å². The Kier molecular flexibility index (Phi) is 3.59. The van der Waals surface area contributed by atoms with Gasteiger partial charge in [-0.25, -0.2) is 0 Å². The first-order chi connectivity index (χ1) is 8.20.